The fraction of sp³-hybridized carbons (Fsp3) is 0.0526. The number of sulfonamides is 1. The Kier molecular flexibility index (Phi) is 4.90. The van der Waals surface area contributed by atoms with Gasteiger partial charge in [0.15, 0.2) is 0 Å². The largest absolute Gasteiger partial charge is 0.292 e. The Morgan fingerprint density at radius 2 is 1.59 bits per heavy atom. The third-order valence-electron chi connectivity index (χ3n) is 4.32. The second-order valence-corrected chi connectivity index (χ2v) is 10.2. The molecule has 29 heavy (non-hydrogen) atoms. The lowest BCUT2D eigenvalue weighted by Crippen LogP contribution is -2.30. The van der Waals surface area contributed by atoms with Crippen LogP contribution in [0, 0.1) is 6.92 Å². The molecule has 0 N–H and O–H groups in total. The van der Waals surface area contributed by atoms with Gasteiger partial charge in [-0.2, -0.15) is 13.1 Å². The SMILES string of the molecule is Cc1cc([N]S(=O)(=O)c2ccc(Cl)s2)c(Cl)cc1N1C(=O)c2ccccc2C1=O. The minimum absolute atomic E-state index is 0.00613. The maximum absolute atomic E-state index is 12.7. The molecule has 1 aliphatic heterocycles. The van der Waals surface area contributed by atoms with Crippen LogP contribution in [-0.4, -0.2) is 20.2 Å². The first-order valence-electron chi connectivity index (χ1n) is 8.20. The van der Waals surface area contributed by atoms with Crippen LogP contribution in [0.15, 0.2) is 52.7 Å². The average molecular weight is 466 g/mol. The maximum atomic E-state index is 12.7. The average Bonchev–Trinajstić information content (AvgIpc) is 3.21. The van der Waals surface area contributed by atoms with E-state index in [4.69, 9.17) is 23.2 Å². The monoisotopic (exact) mass is 465 g/mol. The summed E-state index contributed by atoms with van der Waals surface area (Å²) in [5.41, 5.74) is 1.37. The van der Waals surface area contributed by atoms with Gasteiger partial charge in [0.25, 0.3) is 21.8 Å². The fourth-order valence-corrected chi connectivity index (χ4v) is 5.69. The zero-order valence-corrected chi connectivity index (χ0v) is 17.9. The molecule has 0 bridgehead atoms. The Morgan fingerprint density at radius 3 is 2.14 bits per heavy atom. The Labute approximate surface area is 180 Å². The van der Waals surface area contributed by atoms with Gasteiger partial charge in [0, 0.05) is 0 Å². The van der Waals surface area contributed by atoms with E-state index in [9.17, 15) is 18.0 Å². The number of aryl methyl sites for hydroxylation is 1. The van der Waals surface area contributed by atoms with Crippen LogP contribution in [0.3, 0.4) is 0 Å². The number of carbonyl (C=O) groups excluding carboxylic acids is 2. The Bertz CT molecular complexity index is 1250. The second-order valence-electron chi connectivity index (χ2n) is 6.21. The number of nitrogens with zero attached hydrogens (tertiary/aromatic N) is 2. The number of rotatable bonds is 4. The van der Waals surface area contributed by atoms with Gasteiger partial charge in [-0.3, -0.25) is 9.59 Å². The van der Waals surface area contributed by atoms with Gasteiger partial charge in [-0.15, -0.1) is 11.3 Å². The Hall–Kier alpha value is -2.39. The first-order valence-corrected chi connectivity index (χ1v) is 11.2. The molecule has 1 aromatic heterocycles. The van der Waals surface area contributed by atoms with Crippen molar-refractivity contribution >= 4 is 67.8 Å². The van der Waals surface area contributed by atoms with Crippen molar-refractivity contribution in [3.8, 4) is 0 Å². The minimum atomic E-state index is -4.00. The highest BCUT2D eigenvalue weighted by Gasteiger charge is 2.37. The summed E-state index contributed by atoms with van der Waals surface area (Å²) < 4.78 is 29.1. The van der Waals surface area contributed by atoms with Crippen molar-refractivity contribution < 1.29 is 18.0 Å². The molecule has 0 aliphatic carbocycles. The highest BCUT2D eigenvalue weighted by molar-refractivity contribution is 7.91. The van der Waals surface area contributed by atoms with Crippen molar-refractivity contribution in [3.63, 3.8) is 0 Å². The van der Waals surface area contributed by atoms with Gasteiger partial charge in [-0.05, 0) is 48.9 Å². The van der Waals surface area contributed by atoms with Gasteiger partial charge in [0.2, 0.25) is 0 Å². The maximum Gasteiger partial charge on any atom is 0.292 e. The van der Waals surface area contributed by atoms with E-state index in [0.717, 1.165) is 16.2 Å². The molecule has 0 atom stereocenters. The highest BCUT2D eigenvalue weighted by Crippen LogP contribution is 2.37. The van der Waals surface area contributed by atoms with Crippen molar-refractivity contribution in [2.75, 3.05) is 4.90 Å². The molecule has 1 aliphatic rings. The second kappa shape index (κ2) is 7.14. The van der Waals surface area contributed by atoms with Crippen LogP contribution in [0.4, 0.5) is 11.4 Å². The summed E-state index contributed by atoms with van der Waals surface area (Å²) in [6.45, 7) is 1.64. The van der Waals surface area contributed by atoms with Crippen molar-refractivity contribution in [1.82, 2.24) is 4.72 Å². The Balaban J connectivity index is 1.70. The van der Waals surface area contributed by atoms with E-state index in [0.29, 0.717) is 21.0 Å². The first kappa shape index (κ1) is 19.9. The van der Waals surface area contributed by atoms with Crippen LogP contribution in [0.25, 0.3) is 0 Å². The number of carbonyl (C=O) groups is 2. The molecule has 0 unspecified atom stereocenters. The van der Waals surface area contributed by atoms with Gasteiger partial charge in [0.1, 0.15) is 4.21 Å². The normalized spacial score (nSPS) is 13.7. The molecule has 2 aromatic carbocycles. The third kappa shape index (κ3) is 3.42. The predicted molar refractivity (Wildman–Crippen MR) is 112 cm³/mol. The predicted octanol–water partition coefficient (Wildman–Crippen LogP) is 4.79. The van der Waals surface area contributed by atoms with Crippen molar-refractivity contribution in [1.29, 1.82) is 0 Å². The van der Waals surface area contributed by atoms with Crippen molar-refractivity contribution in [2.45, 2.75) is 11.1 Å². The summed E-state index contributed by atoms with van der Waals surface area (Å²) in [4.78, 5) is 26.4. The summed E-state index contributed by atoms with van der Waals surface area (Å²) in [5.74, 6) is -0.925. The zero-order valence-electron chi connectivity index (χ0n) is 14.7. The fourth-order valence-electron chi connectivity index (χ4n) is 2.99. The number of benzene rings is 2. The van der Waals surface area contributed by atoms with Crippen LogP contribution in [0.5, 0.6) is 0 Å². The molecule has 2 heterocycles. The van der Waals surface area contributed by atoms with E-state index in [-0.39, 0.29) is 20.6 Å². The number of anilines is 1. The van der Waals surface area contributed by atoms with Gasteiger partial charge in [0.05, 0.1) is 31.9 Å². The standard InChI is InChI=1S/C19H11Cl2N2O4S2/c1-10-8-14(22-29(26,27)17-7-6-16(21)28-17)13(20)9-15(10)23-18(24)11-4-2-3-5-12(11)19(23)25/h2-9H,1H3. The Morgan fingerprint density at radius 1 is 0.966 bits per heavy atom. The van der Waals surface area contributed by atoms with Crippen LogP contribution in [0.2, 0.25) is 9.36 Å². The summed E-state index contributed by atoms with van der Waals surface area (Å²) in [5, 5.41) is -0.00613. The molecule has 4 rings (SSSR count). The number of hydrogen-bond donors (Lipinski definition) is 0. The van der Waals surface area contributed by atoms with E-state index < -0.39 is 21.8 Å². The first-order chi connectivity index (χ1) is 13.7. The lowest BCUT2D eigenvalue weighted by molar-refractivity contribution is 0.0926. The van der Waals surface area contributed by atoms with Gasteiger partial charge in [-0.25, -0.2) is 4.90 Å². The van der Waals surface area contributed by atoms with Crippen LogP contribution >= 0.6 is 34.5 Å². The summed E-state index contributed by atoms with van der Waals surface area (Å²) in [7, 11) is -4.00. The van der Waals surface area contributed by atoms with E-state index in [1.165, 1.54) is 24.3 Å². The van der Waals surface area contributed by atoms with Crippen molar-refractivity contribution in [2.24, 2.45) is 0 Å². The molecule has 10 heteroatoms. The molecule has 0 saturated carbocycles. The molecule has 1 radical (unpaired) electrons. The lowest BCUT2D eigenvalue weighted by atomic mass is 10.1. The number of thiophene rings is 1. The molecule has 0 spiro atoms. The lowest BCUT2D eigenvalue weighted by Gasteiger charge is -2.18. The molecule has 3 aromatic rings. The highest BCUT2D eigenvalue weighted by atomic mass is 35.5. The summed E-state index contributed by atoms with van der Waals surface area (Å²) in [6.07, 6.45) is 0. The van der Waals surface area contributed by atoms with Crippen LogP contribution < -0.4 is 9.62 Å². The molecule has 0 saturated heterocycles. The van der Waals surface area contributed by atoms with Crippen LogP contribution in [0.1, 0.15) is 26.3 Å². The minimum Gasteiger partial charge on any atom is -0.268 e. The van der Waals surface area contributed by atoms with E-state index in [1.54, 1.807) is 31.2 Å². The molecule has 6 nitrogen and oxygen atoms in total. The molecule has 147 valence electrons. The topological polar surface area (TPSA) is 85.6 Å². The number of halogens is 2. The molecular weight excluding hydrogens is 455 g/mol. The van der Waals surface area contributed by atoms with E-state index in [1.807, 2.05) is 0 Å². The third-order valence-corrected chi connectivity index (χ3v) is 7.61. The quantitative estimate of drug-likeness (QED) is 0.518. The summed E-state index contributed by atoms with van der Waals surface area (Å²) in [6, 6.07) is 12.1. The van der Waals surface area contributed by atoms with Crippen molar-refractivity contribution in [3.05, 3.63) is 74.6 Å². The van der Waals surface area contributed by atoms with Crippen LogP contribution in [-0.2, 0) is 10.0 Å². The van der Waals surface area contributed by atoms with Gasteiger partial charge >= 0.3 is 0 Å². The molecule has 2 amide bonds. The molecule has 0 fully saturated rings. The zero-order chi connectivity index (χ0) is 20.9. The number of hydrogen-bond acceptors (Lipinski definition) is 5. The van der Waals surface area contributed by atoms with E-state index in [2.05, 4.69) is 4.72 Å². The number of fused-ring (bicyclic) bond motifs is 1. The van der Waals surface area contributed by atoms with E-state index >= 15 is 0 Å². The molecular formula is C19H11Cl2N2O4S2. The number of amides is 2. The van der Waals surface area contributed by atoms with Gasteiger partial charge in [-0.1, -0.05) is 35.3 Å². The number of imide groups is 1. The van der Waals surface area contributed by atoms with Gasteiger partial charge < -0.3 is 0 Å². The summed E-state index contributed by atoms with van der Waals surface area (Å²) >= 11 is 12.9. The smallest absolute Gasteiger partial charge is 0.268 e.